The van der Waals surface area contributed by atoms with Crippen LogP contribution in [0, 0.1) is 11.3 Å². The molecule has 42 heavy (non-hydrogen) atoms. The molecule has 0 saturated carbocycles. The van der Waals surface area contributed by atoms with Gasteiger partial charge in [0.2, 0.25) is 5.24 Å². The summed E-state index contributed by atoms with van der Waals surface area (Å²) in [6.45, 7) is 20.7. The van der Waals surface area contributed by atoms with Crippen molar-refractivity contribution in [1.82, 2.24) is 5.32 Å². The number of nitrogens with zero attached hydrogens (tertiary/aromatic N) is 1. The summed E-state index contributed by atoms with van der Waals surface area (Å²) in [6.07, 6.45) is 0.921. The first-order valence-electron chi connectivity index (χ1n) is 13.5. The molecule has 0 amide bonds. The predicted molar refractivity (Wildman–Crippen MR) is 169 cm³/mol. The molecule has 10 heteroatoms. The Balaban J connectivity index is -0.000000154. The number of ether oxygens (including phenoxy) is 2. The van der Waals surface area contributed by atoms with Gasteiger partial charge in [-0.05, 0) is 66.6 Å². The smallest absolute Gasteiger partial charge is 0.650 e. The summed E-state index contributed by atoms with van der Waals surface area (Å²) in [4.78, 5) is 19.4. The number of nitrogens with one attached hydrogen (secondary N) is 1. The number of fused-ring (bicyclic) bond motifs is 3. The quantitative estimate of drug-likeness (QED) is 0.214. The summed E-state index contributed by atoms with van der Waals surface area (Å²) >= 11 is 4.64. The van der Waals surface area contributed by atoms with E-state index in [-0.39, 0.29) is 30.7 Å². The molecule has 2 aromatic carbocycles. The van der Waals surface area contributed by atoms with Crippen LogP contribution in [0.15, 0.2) is 42.5 Å². The first-order chi connectivity index (χ1) is 19.5. The summed E-state index contributed by atoms with van der Waals surface area (Å²) < 4.78 is 9.57. The summed E-state index contributed by atoms with van der Waals surface area (Å²) in [6, 6.07) is 17.5. The van der Waals surface area contributed by atoms with Crippen LogP contribution < -0.4 is 24.2 Å². The van der Waals surface area contributed by atoms with Crippen LogP contribution in [0.5, 0.6) is 0 Å². The maximum Gasteiger partial charge on any atom is 1.00 e. The third-order valence-corrected chi connectivity index (χ3v) is 4.31. The Labute approximate surface area is 271 Å². The average molecular weight is 603 g/mol. The third-order valence-electron chi connectivity index (χ3n) is 4.31. The van der Waals surface area contributed by atoms with E-state index in [9.17, 15) is 9.59 Å². The van der Waals surface area contributed by atoms with E-state index in [0.29, 0.717) is 18.7 Å². The van der Waals surface area contributed by atoms with Gasteiger partial charge in [0.1, 0.15) is 0 Å². The van der Waals surface area contributed by atoms with E-state index in [4.69, 9.17) is 24.9 Å². The molecule has 0 saturated heterocycles. The molecular weight excluding hydrogens is 551 g/mol. The fourth-order valence-corrected chi connectivity index (χ4v) is 3.34. The second kappa shape index (κ2) is 36.8. The number of benzene rings is 2. The van der Waals surface area contributed by atoms with Crippen molar-refractivity contribution in [1.29, 1.82) is 5.26 Å². The molecule has 0 atom stereocenters. The van der Waals surface area contributed by atoms with Crippen molar-refractivity contribution in [3.8, 4) is 17.2 Å². The van der Waals surface area contributed by atoms with E-state index in [1.165, 1.54) is 42.6 Å². The minimum absolute atomic E-state index is 0. The summed E-state index contributed by atoms with van der Waals surface area (Å²) in [5.74, 6) is 0. The van der Waals surface area contributed by atoms with E-state index in [1.807, 2.05) is 26.0 Å². The van der Waals surface area contributed by atoms with Gasteiger partial charge in [0.05, 0.1) is 12.7 Å². The summed E-state index contributed by atoms with van der Waals surface area (Å²) in [5.41, 5.74) is 6.23. The van der Waals surface area contributed by atoms with E-state index in [2.05, 4.69) is 74.9 Å². The molecule has 0 heterocycles. The number of halogens is 1. The zero-order valence-electron chi connectivity index (χ0n) is 27.6. The first kappa shape index (κ1) is 49.5. The molecule has 0 aliphatic heterocycles. The molecule has 0 fully saturated rings. The number of nitriles is 1. The maximum absolute atomic E-state index is 10.1. The van der Waals surface area contributed by atoms with Crippen LogP contribution in [-0.4, -0.2) is 60.9 Å². The van der Waals surface area contributed by atoms with Crippen LogP contribution in [0.25, 0.3) is 11.1 Å². The van der Waals surface area contributed by atoms with Crippen LogP contribution in [0.1, 0.15) is 79.0 Å². The Morgan fingerprint density at radius 3 is 1.81 bits per heavy atom. The average Bonchev–Trinajstić information content (AvgIpc) is 3.29. The second-order valence-electron chi connectivity index (χ2n) is 8.42. The Bertz CT molecular complexity index is 925. The normalized spacial score (nSPS) is 9.00. The molecule has 1 aliphatic carbocycles. The van der Waals surface area contributed by atoms with E-state index in [1.54, 1.807) is 13.0 Å². The van der Waals surface area contributed by atoms with Crippen molar-refractivity contribution in [3.63, 3.8) is 0 Å². The van der Waals surface area contributed by atoms with Crippen molar-refractivity contribution in [2.75, 3.05) is 26.9 Å². The van der Waals surface area contributed by atoms with Crippen LogP contribution in [-0.2, 0) is 32.1 Å². The number of aliphatic hydroxyl groups is 2. The van der Waals surface area contributed by atoms with Gasteiger partial charge in [0.25, 0.3) is 0 Å². The topological polar surface area (TPSA) is 129 Å². The second-order valence-corrected chi connectivity index (χ2v) is 8.95. The number of rotatable bonds is 7. The van der Waals surface area contributed by atoms with Gasteiger partial charge in [-0.2, -0.15) is 5.26 Å². The van der Waals surface area contributed by atoms with E-state index in [0.717, 1.165) is 32.3 Å². The van der Waals surface area contributed by atoms with Crippen LogP contribution >= 0.6 is 11.6 Å². The molecule has 234 valence electrons. The Kier molecular flexibility index (Phi) is 43.4. The molecule has 0 radical (unpaired) electrons. The molecule has 2 aromatic rings. The van der Waals surface area contributed by atoms with Crippen LogP contribution in [0.3, 0.4) is 0 Å². The minimum Gasteiger partial charge on any atom is -0.650 e. The molecule has 3 N–H and O–H groups in total. The van der Waals surface area contributed by atoms with Gasteiger partial charge in [-0.1, -0.05) is 76.6 Å². The zero-order valence-corrected chi connectivity index (χ0v) is 28.3. The minimum atomic E-state index is -0.361. The maximum atomic E-state index is 10.1. The van der Waals surface area contributed by atoms with Gasteiger partial charge >= 0.3 is 18.9 Å². The van der Waals surface area contributed by atoms with Crippen molar-refractivity contribution in [3.05, 3.63) is 59.2 Å². The molecule has 3 rings (SSSR count). The van der Waals surface area contributed by atoms with Gasteiger partial charge in [0.15, 0.2) is 0 Å². The monoisotopic (exact) mass is 602 g/mol. The number of hydrogen-bond donors (Lipinski definition) is 3. The van der Waals surface area contributed by atoms with Gasteiger partial charge in [0, 0.05) is 52.9 Å². The molecule has 8 nitrogen and oxygen atoms in total. The van der Waals surface area contributed by atoms with E-state index >= 15 is 0 Å². The van der Waals surface area contributed by atoms with Crippen LogP contribution in [0.2, 0.25) is 0 Å². The molecule has 1 aliphatic rings. The summed E-state index contributed by atoms with van der Waals surface area (Å²) in [5, 5.41) is 24.8. The van der Waals surface area contributed by atoms with Gasteiger partial charge < -0.3 is 29.8 Å². The molecular formula is C32H52ClLiN2O6. The van der Waals surface area contributed by atoms with Crippen molar-refractivity contribution in [2.45, 2.75) is 87.4 Å². The first-order valence-corrected chi connectivity index (χ1v) is 13.9. The third kappa shape index (κ3) is 30.7. The Hall–Kier alpha value is -2.20. The standard InChI is InChI=1S/C15H11O2.C6H15N.C4H10O.C2H3ClO.C2H3N.C2H6O.CH4O.Li/c16-10-17-9-12-5-3-7-14-13-6-2-1-4-11(13)8-15(12)14;1-5(2)7-6(3)4;1-3-5-4-2;1-2(3)4;2*1-2-3;1-2;/h1-7H,8-9H2;5-7H,1-4H3;3-4H2,1-2H3;1H3;1H3;3H,2H2,1H3;2H,1H3;/q-1;;;;;;;+1. The molecule has 0 aromatic heterocycles. The largest absolute Gasteiger partial charge is 1.00 e. The van der Waals surface area contributed by atoms with Gasteiger partial charge in [-0.3, -0.25) is 4.79 Å². The Morgan fingerprint density at radius 1 is 1.02 bits per heavy atom. The number of carbonyl (C=O) groups excluding carboxylic acids is 2. The van der Waals surface area contributed by atoms with Gasteiger partial charge in [-0.25, -0.2) is 0 Å². The fourth-order valence-electron chi connectivity index (χ4n) is 3.34. The summed E-state index contributed by atoms with van der Waals surface area (Å²) in [7, 11) is 1.00. The Morgan fingerprint density at radius 2 is 1.45 bits per heavy atom. The number of hydrogen-bond acceptors (Lipinski definition) is 8. The number of carbonyl (C=O) groups is 1. The van der Waals surface area contributed by atoms with Crippen molar-refractivity contribution < 1.29 is 48.1 Å². The number of aliphatic hydroxyl groups excluding tert-OH is 2. The van der Waals surface area contributed by atoms with E-state index < -0.39 is 0 Å². The van der Waals surface area contributed by atoms with Crippen molar-refractivity contribution in [2.24, 2.45) is 0 Å². The van der Waals surface area contributed by atoms with Crippen molar-refractivity contribution >= 4 is 23.3 Å². The molecule has 0 unspecified atom stereocenters. The predicted octanol–water partition coefficient (Wildman–Crippen LogP) is 3.19. The molecule has 0 spiro atoms. The molecule has 0 bridgehead atoms. The van der Waals surface area contributed by atoms with Crippen LogP contribution in [0.4, 0.5) is 0 Å². The fraction of sp³-hybridized carbons (Fsp3) is 0.531. The SMILES string of the molecule is CC#N.CC(=O)Cl.CC(C)NC(C)C.CCO.CCOCC.CO.O=[C-]OCc1cccc2c1Cc1ccccc1-2.[Li+]. The zero-order chi connectivity index (χ0) is 32.6. The van der Waals surface area contributed by atoms with Gasteiger partial charge in [-0.15, -0.1) is 0 Å².